The number of phenols is 1. The molecule has 0 saturated heterocycles. The largest absolute Gasteiger partial charge is 0.507 e. The number of aliphatic hydroxyl groups excluding tert-OH is 1. The number of phenolic OH excluding ortho intramolecular Hbond substituents is 1. The van der Waals surface area contributed by atoms with E-state index in [9.17, 15) is 13.9 Å². The van der Waals surface area contributed by atoms with Gasteiger partial charge >= 0.3 is 0 Å². The van der Waals surface area contributed by atoms with E-state index in [4.69, 9.17) is 10.8 Å². The number of rotatable bonds is 3. The summed E-state index contributed by atoms with van der Waals surface area (Å²) >= 11 is 0. The lowest BCUT2D eigenvalue weighted by Crippen LogP contribution is -2.36. The number of benzene rings is 1. The third-order valence-electron chi connectivity index (χ3n) is 2.54. The minimum absolute atomic E-state index is 0. The number of aromatic hydroxyl groups is 1. The lowest BCUT2D eigenvalue weighted by Gasteiger charge is -2.22. The Balaban J connectivity index is 0.00000256. The molecular weight excluding hydrogens is 252 g/mol. The Morgan fingerprint density at radius 1 is 1.29 bits per heavy atom. The van der Waals surface area contributed by atoms with E-state index in [0.29, 0.717) is 11.1 Å². The number of aryl methyl sites for hydroxylation is 2. The van der Waals surface area contributed by atoms with Gasteiger partial charge in [0, 0.05) is 0 Å². The van der Waals surface area contributed by atoms with Crippen LogP contribution in [0.25, 0.3) is 0 Å². The van der Waals surface area contributed by atoms with E-state index in [1.807, 2.05) is 0 Å². The minimum atomic E-state index is -3.37. The van der Waals surface area contributed by atoms with Gasteiger partial charge in [-0.05, 0) is 30.5 Å². The quantitative estimate of drug-likeness (QED) is 0.785. The van der Waals surface area contributed by atoms with Gasteiger partial charge in [-0.15, -0.1) is 12.4 Å². The topological polar surface area (TPSA) is 66.5 Å². The molecule has 3 nitrogen and oxygen atoms in total. The van der Waals surface area contributed by atoms with Crippen LogP contribution in [-0.2, 0) is 0 Å². The lowest BCUT2D eigenvalue weighted by atomic mass is 9.97. The van der Waals surface area contributed by atoms with Crippen LogP contribution in [0.2, 0.25) is 0 Å². The van der Waals surface area contributed by atoms with Gasteiger partial charge in [-0.2, -0.15) is 0 Å². The standard InChI is InChI=1S/C11H15F2NO2.ClH/c1-6-3-8(4-7(2)9(6)16)10(14)11(12,13)5-15;/h3-4,10,15-16H,5,14H2,1-2H3;1H/t10-;/m0./s1. The van der Waals surface area contributed by atoms with Gasteiger partial charge in [0.15, 0.2) is 0 Å². The molecule has 0 bridgehead atoms. The van der Waals surface area contributed by atoms with Crippen molar-refractivity contribution in [3.8, 4) is 5.75 Å². The minimum Gasteiger partial charge on any atom is -0.507 e. The van der Waals surface area contributed by atoms with E-state index in [-0.39, 0.29) is 23.7 Å². The predicted molar refractivity (Wildman–Crippen MR) is 63.8 cm³/mol. The number of hydrogen-bond donors (Lipinski definition) is 3. The number of aliphatic hydroxyl groups is 1. The van der Waals surface area contributed by atoms with E-state index in [2.05, 4.69) is 0 Å². The second-order valence-electron chi connectivity index (χ2n) is 3.90. The molecule has 0 heterocycles. The van der Waals surface area contributed by atoms with Crippen LogP contribution in [0.15, 0.2) is 12.1 Å². The highest BCUT2D eigenvalue weighted by molar-refractivity contribution is 5.85. The summed E-state index contributed by atoms with van der Waals surface area (Å²) in [5.74, 6) is -3.29. The highest BCUT2D eigenvalue weighted by Crippen LogP contribution is 2.32. The van der Waals surface area contributed by atoms with E-state index in [1.54, 1.807) is 13.8 Å². The van der Waals surface area contributed by atoms with Crippen molar-refractivity contribution >= 4 is 12.4 Å². The Kier molecular flexibility index (Phi) is 5.32. The van der Waals surface area contributed by atoms with Gasteiger partial charge in [-0.1, -0.05) is 12.1 Å². The molecule has 0 amide bonds. The van der Waals surface area contributed by atoms with Crippen molar-refractivity contribution in [3.63, 3.8) is 0 Å². The molecule has 0 aliphatic heterocycles. The molecule has 0 aromatic heterocycles. The maximum absolute atomic E-state index is 13.2. The molecule has 4 N–H and O–H groups in total. The molecule has 1 aromatic carbocycles. The van der Waals surface area contributed by atoms with Gasteiger partial charge in [0.2, 0.25) is 0 Å². The van der Waals surface area contributed by atoms with Crippen LogP contribution in [0.4, 0.5) is 8.78 Å². The van der Waals surface area contributed by atoms with Gasteiger partial charge < -0.3 is 15.9 Å². The van der Waals surface area contributed by atoms with Crippen LogP contribution in [-0.4, -0.2) is 22.7 Å². The molecule has 0 radical (unpaired) electrons. The molecule has 0 fully saturated rings. The van der Waals surface area contributed by atoms with Gasteiger partial charge in [-0.25, -0.2) is 8.78 Å². The first kappa shape index (κ1) is 16.1. The molecule has 0 aliphatic rings. The Labute approximate surface area is 105 Å². The molecule has 0 spiro atoms. The van der Waals surface area contributed by atoms with Gasteiger partial charge in [0.05, 0.1) is 6.04 Å². The molecule has 0 aliphatic carbocycles. The van der Waals surface area contributed by atoms with Crippen molar-refractivity contribution in [1.82, 2.24) is 0 Å². The summed E-state index contributed by atoms with van der Waals surface area (Å²) in [6, 6.07) is 1.23. The fourth-order valence-electron chi connectivity index (χ4n) is 1.51. The normalized spacial score (nSPS) is 13.1. The molecule has 1 rings (SSSR count). The molecular formula is C11H16ClF2NO2. The summed E-state index contributed by atoms with van der Waals surface area (Å²) in [6.45, 7) is 1.92. The smallest absolute Gasteiger partial charge is 0.289 e. The Morgan fingerprint density at radius 2 is 1.71 bits per heavy atom. The van der Waals surface area contributed by atoms with Gasteiger partial charge in [0.1, 0.15) is 12.4 Å². The van der Waals surface area contributed by atoms with E-state index in [0.717, 1.165) is 0 Å². The zero-order valence-corrected chi connectivity index (χ0v) is 10.4. The highest BCUT2D eigenvalue weighted by atomic mass is 35.5. The Hall–Kier alpha value is -0.910. The maximum atomic E-state index is 13.2. The van der Waals surface area contributed by atoms with Crippen LogP contribution >= 0.6 is 12.4 Å². The second-order valence-corrected chi connectivity index (χ2v) is 3.90. The summed E-state index contributed by atoms with van der Waals surface area (Å²) in [6.07, 6.45) is 0. The van der Waals surface area contributed by atoms with Crippen molar-refractivity contribution in [2.24, 2.45) is 5.73 Å². The summed E-state index contributed by atoms with van der Waals surface area (Å²) in [5.41, 5.74) is 6.55. The van der Waals surface area contributed by atoms with Crippen LogP contribution in [0.5, 0.6) is 5.75 Å². The van der Waals surface area contributed by atoms with Crippen LogP contribution in [0.1, 0.15) is 22.7 Å². The molecule has 17 heavy (non-hydrogen) atoms. The van der Waals surface area contributed by atoms with Crippen molar-refractivity contribution in [3.05, 3.63) is 28.8 Å². The number of halogens is 3. The van der Waals surface area contributed by atoms with Crippen LogP contribution in [0.3, 0.4) is 0 Å². The molecule has 0 saturated carbocycles. The fraction of sp³-hybridized carbons (Fsp3) is 0.455. The van der Waals surface area contributed by atoms with E-state index >= 15 is 0 Å². The van der Waals surface area contributed by atoms with Crippen molar-refractivity contribution in [2.45, 2.75) is 25.8 Å². The summed E-state index contributed by atoms with van der Waals surface area (Å²) in [4.78, 5) is 0. The van der Waals surface area contributed by atoms with Crippen LogP contribution in [0, 0.1) is 13.8 Å². The molecule has 6 heteroatoms. The van der Waals surface area contributed by atoms with Crippen molar-refractivity contribution in [1.29, 1.82) is 0 Å². The monoisotopic (exact) mass is 267 g/mol. The number of nitrogens with two attached hydrogens (primary N) is 1. The first-order valence-corrected chi connectivity index (χ1v) is 4.84. The molecule has 1 aromatic rings. The SMILES string of the molecule is Cc1cc([C@H](N)C(F)(F)CO)cc(C)c1O.Cl. The van der Waals surface area contributed by atoms with Gasteiger partial charge in [-0.3, -0.25) is 0 Å². The molecule has 98 valence electrons. The third-order valence-corrected chi connectivity index (χ3v) is 2.54. The van der Waals surface area contributed by atoms with E-state index in [1.165, 1.54) is 12.1 Å². The van der Waals surface area contributed by atoms with Crippen molar-refractivity contribution < 1.29 is 19.0 Å². The van der Waals surface area contributed by atoms with Crippen molar-refractivity contribution in [2.75, 3.05) is 6.61 Å². The second kappa shape index (κ2) is 5.62. The first-order valence-electron chi connectivity index (χ1n) is 4.84. The average Bonchev–Trinajstić information content (AvgIpc) is 2.24. The lowest BCUT2D eigenvalue weighted by molar-refractivity contribution is -0.0712. The molecule has 0 unspecified atom stereocenters. The van der Waals surface area contributed by atoms with Gasteiger partial charge in [0.25, 0.3) is 5.92 Å². The average molecular weight is 268 g/mol. The third kappa shape index (κ3) is 3.28. The summed E-state index contributed by atoms with van der Waals surface area (Å²) < 4.78 is 26.3. The highest BCUT2D eigenvalue weighted by Gasteiger charge is 2.37. The summed E-state index contributed by atoms with van der Waals surface area (Å²) in [5, 5.41) is 18.0. The van der Waals surface area contributed by atoms with E-state index < -0.39 is 18.6 Å². The first-order chi connectivity index (χ1) is 7.29. The maximum Gasteiger partial charge on any atom is 0.289 e. The predicted octanol–water partition coefficient (Wildman–Crippen LogP) is 2.06. The fourth-order valence-corrected chi connectivity index (χ4v) is 1.51. The number of alkyl halides is 2. The Morgan fingerprint density at radius 3 is 2.06 bits per heavy atom. The number of hydrogen-bond acceptors (Lipinski definition) is 3. The molecule has 1 atom stereocenters. The Bertz CT molecular complexity index is 376. The van der Waals surface area contributed by atoms with Crippen LogP contribution < -0.4 is 5.73 Å². The zero-order chi connectivity index (χ0) is 12.5. The summed E-state index contributed by atoms with van der Waals surface area (Å²) in [7, 11) is 0. The zero-order valence-electron chi connectivity index (χ0n) is 9.58.